The van der Waals surface area contributed by atoms with E-state index in [2.05, 4.69) is 18.7 Å². The van der Waals surface area contributed by atoms with Crippen molar-refractivity contribution in [3.05, 3.63) is 29.8 Å². The van der Waals surface area contributed by atoms with Crippen LogP contribution in [-0.4, -0.2) is 43.7 Å². The first-order valence-corrected chi connectivity index (χ1v) is 16.0. The lowest BCUT2D eigenvalue weighted by molar-refractivity contribution is -0.157. The van der Waals surface area contributed by atoms with Crippen molar-refractivity contribution in [2.45, 2.75) is 128 Å². The molecular weight excluding hydrogens is 498 g/mol. The number of hydrogen-bond acceptors (Lipinski definition) is 5. The molecular formula is C31H49NO5S. The minimum atomic E-state index is -3.70. The Morgan fingerprint density at radius 2 is 1.50 bits per heavy atom. The fourth-order valence-corrected chi connectivity index (χ4v) is 9.31. The lowest BCUT2D eigenvalue weighted by Crippen LogP contribution is -2.66. The molecule has 0 radical (unpaired) electrons. The number of benzene rings is 1. The molecule has 5 rings (SSSR count). The zero-order valence-corrected chi connectivity index (χ0v) is 25.3. The predicted molar refractivity (Wildman–Crippen MR) is 150 cm³/mol. The minimum absolute atomic E-state index is 0.0799. The lowest BCUT2D eigenvalue weighted by atomic mass is 9.42. The Morgan fingerprint density at radius 1 is 0.921 bits per heavy atom. The van der Waals surface area contributed by atoms with E-state index in [4.69, 9.17) is 8.92 Å². The van der Waals surface area contributed by atoms with Crippen molar-refractivity contribution in [2.75, 3.05) is 13.2 Å². The van der Waals surface area contributed by atoms with Gasteiger partial charge in [-0.2, -0.15) is 8.42 Å². The van der Waals surface area contributed by atoms with Crippen molar-refractivity contribution in [1.82, 2.24) is 4.90 Å². The number of carbonyl (C=O) groups is 1. The molecule has 0 spiro atoms. The summed E-state index contributed by atoms with van der Waals surface area (Å²) in [4.78, 5) is 15.9. The molecule has 38 heavy (non-hydrogen) atoms. The van der Waals surface area contributed by atoms with Crippen LogP contribution in [0.25, 0.3) is 0 Å². The SMILES string of the molecule is Cc1ccc(S(=O)(=O)OCCCCCCCN(C(=O)OC(C)(C)C)C23CC4C[C@@](C)(C2)C[C@](C)(C4)C3)cc1. The first-order valence-electron chi connectivity index (χ1n) is 14.6. The standard InChI is InChI=1S/C31H49NO5S/c1-24-12-14-26(15-13-24)38(34,35)36-17-11-9-7-8-10-16-32(27(33)37-28(2,3)4)31-20-25-18-29(5,22-31)21-30(6,19-25)23-31/h12-15,25H,7-11,16-23H2,1-6H3/t25?,29-,30+,31?. The van der Waals surface area contributed by atoms with E-state index in [-0.39, 0.29) is 23.1 Å². The molecule has 214 valence electrons. The molecule has 4 atom stereocenters. The Bertz CT molecular complexity index is 1070. The zero-order chi connectivity index (χ0) is 27.8. The first-order chi connectivity index (χ1) is 17.6. The van der Waals surface area contributed by atoms with Gasteiger partial charge in [-0.15, -0.1) is 0 Å². The van der Waals surface area contributed by atoms with Crippen molar-refractivity contribution < 1.29 is 22.1 Å². The second-order valence-corrected chi connectivity index (χ2v) is 16.0. The van der Waals surface area contributed by atoms with Crippen molar-refractivity contribution in [3.63, 3.8) is 0 Å². The summed E-state index contributed by atoms with van der Waals surface area (Å²) in [6.07, 6.45) is 11.6. The minimum Gasteiger partial charge on any atom is -0.444 e. The van der Waals surface area contributed by atoms with Gasteiger partial charge in [0.15, 0.2) is 0 Å². The van der Waals surface area contributed by atoms with Crippen molar-refractivity contribution in [1.29, 1.82) is 0 Å². The third-order valence-electron chi connectivity index (χ3n) is 8.86. The molecule has 1 aromatic rings. The number of nitrogens with zero attached hydrogens (tertiary/aromatic N) is 1. The van der Waals surface area contributed by atoms with Crippen LogP contribution < -0.4 is 0 Å². The molecule has 0 aromatic heterocycles. The van der Waals surface area contributed by atoms with Crippen LogP contribution in [0.3, 0.4) is 0 Å². The van der Waals surface area contributed by atoms with Gasteiger partial charge in [0.2, 0.25) is 0 Å². The molecule has 1 amide bonds. The van der Waals surface area contributed by atoms with Gasteiger partial charge in [-0.3, -0.25) is 4.18 Å². The Kier molecular flexibility index (Phi) is 8.32. The van der Waals surface area contributed by atoms with Crippen molar-refractivity contribution in [3.8, 4) is 0 Å². The summed E-state index contributed by atoms with van der Waals surface area (Å²) in [5.74, 6) is 0.711. The molecule has 4 aliphatic rings. The van der Waals surface area contributed by atoms with Gasteiger partial charge in [0, 0.05) is 12.1 Å². The molecule has 1 aromatic carbocycles. The zero-order valence-electron chi connectivity index (χ0n) is 24.5. The lowest BCUT2D eigenvalue weighted by Gasteiger charge is -2.67. The smallest absolute Gasteiger partial charge is 0.410 e. The molecule has 7 heteroatoms. The van der Waals surface area contributed by atoms with E-state index in [1.807, 2.05) is 27.7 Å². The average Bonchev–Trinajstić information content (AvgIpc) is 2.74. The normalized spacial score (nSPS) is 30.4. The number of unbranched alkanes of at least 4 members (excludes halogenated alkanes) is 4. The molecule has 6 nitrogen and oxygen atoms in total. The highest BCUT2D eigenvalue weighted by Crippen LogP contribution is 2.67. The number of aryl methyl sites for hydroxylation is 1. The first kappa shape index (κ1) is 29.4. The van der Waals surface area contributed by atoms with E-state index in [0.29, 0.717) is 23.2 Å². The summed E-state index contributed by atoms with van der Waals surface area (Å²) < 4.78 is 35.9. The van der Waals surface area contributed by atoms with Gasteiger partial charge in [0.05, 0.1) is 11.5 Å². The van der Waals surface area contributed by atoms with Crippen LogP contribution in [0.2, 0.25) is 0 Å². The van der Waals surface area contributed by atoms with E-state index >= 15 is 0 Å². The Morgan fingerprint density at radius 3 is 2.08 bits per heavy atom. The van der Waals surface area contributed by atoms with E-state index in [0.717, 1.165) is 57.1 Å². The third-order valence-corrected chi connectivity index (χ3v) is 10.2. The molecule has 4 saturated carbocycles. The topological polar surface area (TPSA) is 72.9 Å². The van der Waals surface area contributed by atoms with Gasteiger partial charge in [0.1, 0.15) is 5.60 Å². The highest BCUT2D eigenvalue weighted by molar-refractivity contribution is 7.86. The van der Waals surface area contributed by atoms with Crippen molar-refractivity contribution in [2.24, 2.45) is 16.7 Å². The van der Waals surface area contributed by atoms with Gasteiger partial charge in [0.25, 0.3) is 10.1 Å². The molecule has 4 fully saturated rings. The Hall–Kier alpha value is -1.60. The van der Waals surface area contributed by atoms with Crippen molar-refractivity contribution >= 4 is 16.2 Å². The fourth-order valence-electron chi connectivity index (χ4n) is 8.37. The third kappa shape index (κ3) is 6.93. The van der Waals surface area contributed by atoms with Crippen LogP contribution in [0.15, 0.2) is 29.2 Å². The molecule has 0 aliphatic heterocycles. The highest BCUT2D eigenvalue weighted by atomic mass is 32.2. The van der Waals surface area contributed by atoms with Gasteiger partial charge in [-0.05, 0) is 108 Å². The molecule has 0 saturated heterocycles. The number of rotatable bonds is 11. The summed E-state index contributed by atoms with van der Waals surface area (Å²) in [7, 11) is -3.70. The van der Waals surface area contributed by atoms with Crippen LogP contribution in [0.5, 0.6) is 0 Å². The number of amides is 1. The summed E-state index contributed by atoms with van der Waals surface area (Å²) in [5.41, 5.74) is 1.08. The van der Waals surface area contributed by atoms with E-state index in [1.54, 1.807) is 24.3 Å². The van der Waals surface area contributed by atoms with E-state index in [1.165, 1.54) is 19.3 Å². The van der Waals surface area contributed by atoms with Crippen LogP contribution in [0, 0.1) is 23.7 Å². The number of ether oxygens (including phenoxy) is 1. The van der Waals surface area contributed by atoms with Gasteiger partial charge >= 0.3 is 6.09 Å². The van der Waals surface area contributed by atoms with E-state index < -0.39 is 15.7 Å². The maximum absolute atomic E-state index is 13.5. The predicted octanol–water partition coefficient (Wildman–Crippen LogP) is 7.64. The molecule has 2 unspecified atom stereocenters. The van der Waals surface area contributed by atoms with Crippen LogP contribution >= 0.6 is 0 Å². The average molecular weight is 548 g/mol. The van der Waals surface area contributed by atoms with Gasteiger partial charge in [-0.1, -0.05) is 50.8 Å². The van der Waals surface area contributed by atoms with Crippen LogP contribution in [0.1, 0.15) is 111 Å². The largest absolute Gasteiger partial charge is 0.444 e. The fraction of sp³-hybridized carbons (Fsp3) is 0.774. The summed E-state index contributed by atoms with van der Waals surface area (Å²) in [6.45, 7) is 13.6. The van der Waals surface area contributed by atoms with Gasteiger partial charge < -0.3 is 9.64 Å². The molecule has 4 aliphatic carbocycles. The summed E-state index contributed by atoms with van der Waals surface area (Å²) >= 11 is 0. The summed E-state index contributed by atoms with van der Waals surface area (Å²) in [6, 6.07) is 6.74. The van der Waals surface area contributed by atoms with Crippen LogP contribution in [-0.2, 0) is 19.0 Å². The molecule has 0 heterocycles. The Balaban J connectivity index is 1.28. The maximum atomic E-state index is 13.5. The second kappa shape index (κ2) is 10.8. The second-order valence-electron chi connectivity index (χ2n) is 14.3. The monoisotopic (exact) mass is 547 g/mol. The quantitative estimate of drug-likeness (QED) is 0.210. The van der Waals surface area contributed by atoms with Gasteiger partial charge in [-0.25, -0.2) is 4.79 Å². The number of carbonyl (C=O) groups excluding carboxylic acids is 1. The summed E-state index contributed by atoms with van der Waals surface area (Å²) in [5, 5.41) is 0. The molecule has 0 N–H and O–H groups in total. The maximum Gasteiger partial charge on any atom is 0.410 e. The molecule has 4 bridgehead atoms. The van der Waals surface area contributed by atoms with Crippen LogP contribution in [0.4, 0.5) is 4.79 Å². The highest BCUT2D eigenvalue weighted by Gasteiger charge is 2.62. The van der Waals surface area contributed by atoms with E-state index in [9.17, 15) is 13.2 Å². The number of hydrogen-bond donors (Lipinski definition) is 0. The Labute approximate surface area is 231 Å².